The Bertz CT molecular complexity index is 396. The topological polar surface area (TPSA) is 26.3 Å². The summed E-state index contributed by atoms with van der Waals surface area (Å²) in [7, 11) is 1.84. The maximum absolute atomic E-state index is 13.8. The molecule has 0 spiro atoms. The van der Waals surface area contributed by atoms with Gasteiger partial charge >= 0.3 is 5.97 Å². The van der Waals surface area contributed by atoms with Crippen molar-refractivity contribution in [2.45, 2.75) is 32.7 Å². The molecular formula is C12H16BFO2. The summed E-state index contributed by atoms with van der Waals surface area (Å²) in [6.45, 7) is 5.27. The Morgan fingerprint density at radius 1 is 1.44 bits per heavy atom. The molecule has 4 heteroatoms. The molecular weight excluding hydrogens is 206 g/mol. The third-order valence-corrected chi connectivity index (χ3v) is 2.08. The number of carbonyl (C=O) groups excluding carboxylic acids is 1. The summed E-state index contributed by atoms with van der Waals surface area (Å²) in [5.41, 5.74) is -0.0659. The molecule has 0 unspecified atom stereocenters. The lowest BCUT2D eigenvalue weighted by molar-refractivity contribution is 0.00645. The van der Waals surface area contributed by atoms with E-state index >= 15 is 0 Å². The third kappa shape index (κ3) is 3.09. The predicted octanol–water partition coefficient (Wildman–Crippen LogP) is 1.91. The van der Waals surface area contributed by atoms with Crippen molar-refractivity contribution >= 4 is 13.8 Å². The molecule has 0 N–H and O–H groups in total. The minimum Gasteiger partial charge on any atom is -0.456 e. The van der Waals surface area contributed by atoms with E-state index in [4.69, 9.17) is 4.74 Å². The van der Waals surface area contributed by atoms with Crippen LogP contribution in [0.3, 0.4) is 0 Å². The van der Waals surface area contributed by atoms with Crippen LogP contribution in [0.15, 0.2) is 18.2 Å². The van der Waals surface area contributed by atoms with Crippen LogP contribution in [0.5, 0.6) is 0 Å². The molecule has 0 bridgehead atoms. The molecule has 16 heavy (non-hydrogen) atoms. The van der Waals surface area contributed by atoms with Crippen molar-refractivity contribution in [2.24, 2.45) is 0 Å². The molecule has 0 saturated heterocycles. The lowest BCUT2D eigenvalue weighted by Crippen LogP contribution is -2.24. The fourth-order valence-corrected chi connectivity index (χ4v) is 1.34. The fraction of sp³-hybridized carbons (Fsp3) is 0.417. The van der Waals surface area contributed by atoms with E-state index in [-0.39, 0.29) is 5.56 Å². The Hall–Kier alpha value is -1.32. The highest BCUT2D eigenvalue weighted by Gasteiger charge is 2.21. The smallest absolute Gasteiger partial charge is 0.341 e. The third-order valence-electron chi connectivity index (χ3n) is 2.08. The molecule has 0 fully saturated rings. The summed E-state index contributed by atoms with van der Waals surface area (Å²) in [5.74, 6) is -1.08. The largest absolute Gasteiger partial charge is 0.456 e. The van der Waals surface area contributed by atoms with Crippen LogP contribution in [0.4, 0.5) is 4.39 Å². The molecule has 0 heterocycles. The zero-order valence-corrected chi connectivity index (χ0v) is 10.1. The lowest BCUT2D eigenvalue weighted by atomic mass is 9.95. The van der Waals surface area contributed by atoms with Gasteiger partial charge < -0.3 is 4.74 Å². The monoisotopic (exact) mass is 222 g/mol. The average Bonchev–Trinajstić information content (AvgIpc) is 2.15. The van der Waals surface area contributed by atoms with E-state index < -0.39 is 17.4 Å². The number of hydrogen-bond acceptors (Lipinski definition) is 2. The Kier molecular flexibility index (Phi) is 3.73. The van der Waals surface area contributed by atoms with Crippen molar-refractivity contribution in [1.82, 2.24) is 0 Å². The zero-order chi connectivity index (χ0) is 12.3. The Morgan fingerprint density at radius 2 is 2.06 bits per heavy atom. The van der Waals surface area contributed by atoms with Gasteiger partial charge in [0.25, 0.3) is 0 Å². The summed E-state index contributed by atoms with van der Waals surface area (Å²) >= 11 is 0. The van der Waals surface area contributed by atoms with E-state index in [1.807, 2.05) is 7.85 Å². The minimum atomic E-state index is -0.611. The first-order valence-electron chi connectivity index (χ1n) is 5.36. The van der Waals surface area contributed by atoms with Crippen molar-refractivity contribution < 1.29 is 13.9 Å². The van der Waals surface area contributed by atoms with E-state index in [1.165, 1.54) is 6.07 Å². The molecule has 0 aliphatic carbocycles. The lowest BCUT2D eigenvalue weighted by Gasteiger charge is -2.19. The van der Waals surface area contributed by atoms with E-state index in [1.54, 1.807) is 32.9 Å². The molecule has 1 rings (SSSR count). The van der Waals surface area contributed by atoms with Gasteiger partial charge in [-0.1, -0.05) is 18.5 Å². The number of carbonyl (C=O) groups is 1. The van der Waals surface area contributed by atoms with Gasteiger partial charge in [0.2, 0.25) is 0 Å². The van der Waals surface area contributed by atoms with E-state index in [9.17, 15) is 9.18 Å². The van der Waals surface area contributed by atoms with Crippen LogP contribution in [0.1, 0.15) is 36.7 Å². The van der Waals surface area contributed by atoms with Crippen molar-refractivity contribution in [3.63, 3.8) is 0 Å². The molecule has 0 saturated carbocycles. The SMILES string of the molecule is BCc1cccc(C(=O)OC(C)(C)C)c1F. The minimum absolute atomic E-state index is 0.00859. The molecule has 0 aromatic heterocycles. The van der Waals surface area contributed by atoms with Crippen LogP contribution in [0.2, 0.25) is 0 Å². The zero-order valence-electron chi connectivity index (χ0n) is 10.1. The first-order valence-corrected chi connectivity index (χ1v) is 5.36. The van der Waals surface area contributed by atoms with E-state index in [0.29, 0.717) is 11.9 Å². The van der Waals surface area contributed by atoms with Crippen LogP contribution in [-0.4, -0.2) is 19.4 Å². The second kappa shape index (κ2) is 4.68. The van der Waals surface area contributed by atoms with Crippen molar-refractivity contribution in [3.8, 4) is 0 Å². The summed E-state index contributed by atoms with van der Waals surface area (Å²) in [6, 6.07) is 4.78. The van der Waals surface area contributed by atoms with Gasteiger partial charge in [-0.3, -0.25) is 0 Å². The van der Waals surface area contributed by atoms with Crippen LogP contribution < -0.4 is 0 Å². The standard InChI is InChI=1S/C12H16BFO2/c1-12(2,3)16-11(15)9-6-4-5-8(7-13)10(9)14/h4-6H,7,13H2,1-3H3. The summed E-state index contributed by atoms with van der Waals surface area (Å²) in [5, 5.41) is 0. The number of esters is 1. The fourth-order valence-electron chi connectivity index (χ4n) is 1.34. The average molecular weight is 222 g/mol. The molecule has 0 radical (unpaired) electrons. The molecule has 1 aromatic carbocycles. The number of hydrogen-bond donors (Lipinski definition) is 0. The highest BCUT2D eigenvalue weighted by atomic mass is 19.1. The van der Waals surface area contributed by atoms with Crippen LogP contribution in [-0.2, 0) is 11.1 Å². The maximum Gasteiger partial charge on any atom is 0.341 e. The number of halogens is 1. The molecule has 1 aromatic rings. The molecule has 0 amide bonds. The molecule has 2 nitrogen and oxygen atoms in total. The maximum atomic E-state index is 13.8. The molecule has 86 valence electrons. The molecule has 0 aliphatic heterocycles. The van der Waals surface area contributed by atoms with Crippen molar-refractivity contribution in [1.29, 1.82) is 0 Å². The van der Waals surface area contributed by atoms with Gasteiger partial charge in [0, 0.05) is 0 Å². The van der Waals surface area contributed by atoms with Crippen LogP contribution in [0.25, 0.3) is 0 Å². The van der Waals surface area contributed by atoms with Gasteiger partial charge in [-0.05, 0) is 32.4 Å². The summed E-state index contributed by atoms with van der Waals surface area (Å²) < 4.78 is 18.9. The van der Waals surface area contributed by atoms with E-state index in [2.05, 4.69) is 0 Å². The second-order valence-corrected chi connectivity index (χ2v) is 4.63. The predicted molar refractivity (Wildman–Crippen MR) is 63.8 cm³/mol. The van der Waals surface area contributed by atoms with Gasteiger partial charge in [-0.2, -0.15) is 0 Å². The highest BCUT2D eigenvalue weighted by Crippen LogP contribution is 2.17. The normalized spacial score (nSPS) is 11.2. The van der Waals surface area contributed by atoms with Gasteiger partial charge in [0.15, 0.2) is 0 Å². The van der Waals surface area contributed by atoms with Gasteiger partial charge in [0.1, 0.15) is 19.3 Å². The Morgan fingerprint density at radius 3 is 2.56 bits per heavy atom. The van der Waals surface area contributed by atoms with Crippen molar-refractivity contribution in [2.75, 3.05) is 0 Å². The first-order chi connectivity index (χ1) is 7.35. The second-order valence-electron chi connectivity index (χ2n) is 4.63. The summed E-state index contributed by atoms with van der Waals surface area (Å²) in [6.07, 6.45) is 0.558. The quantitative estimate of drug-likeness (QED) is 0.564. The number of ether oxygens (including phenoxy) is 1. The van der Waals surface area contributed by atoms with Crippen molar-refractivity contribution in [3.05, 3.63) is 35.1 Å². The molecule has 0 atom stereocenters. The first kappa shape index (κ1) is 12.8. The number of benzene rings is 1. The molecule has 0 aliphatic rings. The summed E-state index contributed by atoms with van der Waals surface area (Å²) in [4.78, 5) is 11.7. The number of rotatable bonds is 2. The van der Waals surface area contributed by atoms with Gasteiger partial charge in [0.05, 0.1) is 5.56 Å². The highest BCUT2D eigenvalue weighted by molar-refractivity contribution is 6.08. The van der Waals surface area contributed by atoms with Gasteiger partial charge in [-0.15, -0.1) is 0 Å². The Balaban J connectivity index is 3.01. The van der Waals surface area contributed by atoms with Gasteiger partial charge in [-0.25, -0.2) is 9.18 Å². The Labute approximate surface area is 96.2 Å². The van der Waals surface area contributed by atoms with E-state index in [0.717, 1.165) is 0 Å². The van der Waals surface area contributed by atoms with Crippen LogP contribution in [0, 0.1) is 5.82 Å². The van der Waals surface area contributed by atoms with Crippen LogP contribution >= 0.6 is 0 Å².